The maximum atomic E-state index is 6.16. The summed E-state index contributed by atoms with van der Waals surface area (Å²) in [4.78, 5) is 2.67. The van der Waals surface area contributed by atoms with Crippen molar-refractivity contribution >= 4 is 0 Å². The van der Waals surface area contributed by atoms with Crippen LogP contribution in [0, 0.1) is 0 Å². The lowest BCUT2D eigenvalue weighted by Crippen LogP contribution is -2.25. The van der Waals surface area contributed by atoms with Crippen molar-refractivity contribution < 1.29 is 9.47 Å². The molecule has 35 heavy (non-hydrogen) atoms. The summed E-state index contributed by atoms with van der Waals surface area (Å²) in [6.45, 7) is 14.7. The van der Waals surface area contributed by atoms with Crippen molar-refractivity contribution in [3.63, 3.8) is 0 Å². The molecule has 212 valence electrons. The van der Waals surface area contributed by atoms with Gasteiger partial charge in [-0.15, -0.1) is 0 Å². The van der Waals surface area contributed by atoms with Crippen LogP contribution in [0.2, 0.25) is 0 Å². The average Bonchev–Trinajstić information content (AvgIpc) is 2.87. The molecular formula is C32H67NO2. The molecule has 0 aliphatic carbocycles. The maximum absolute atomic E-state index is 6.16. The van der Waals surface area contributed by atoms with Gasteiger partial charge in [-0.1, -0.05) is 130 Å². The van der Waals surface area contributed by atoms with E-state index in [2.05, 4.69) is 32.6 Å². The normalized spacial score (nSPS) is 11.8. The van der Waals surface area contributed by atoms with Crippen molar-refractivity contribution in [3.05, 3.63) is 0 Å². The minimum atomic E-state index is 0.0280. The highest BCUT2D eigenvalue weighted by Gasteiger charge is 2.09. The van der Waals surface area contributed by atoms with Crippen LogP contribution in [0.4, 0.5) is 0 Å². The summed E-state index contributed by atoms with van der Waals surface area (Å²) in [5, 5.41) is 0. The predicted molar refractivity (Wildman–Crippen MR) is 156 cm³/mol. The molecule has 0 aliphatic heterocycles. The van der Waals surface area contributed by atoms with Crippen LogP contribution in [0.3, 0.4) is 0 Å². The first-order chi connectivity index (χ1) is 17.3. The molecule has 0 amide bonds. The van der Waals surface area contributed by atoms with Gasteiger partial charge in [0, 0.05) is 13.2 Å². The van der Waals surface area contributed by atoms with Gasteiger partial charge in [-0.3, -0.25) is 0 Å². The maximum Gasteiger partial charge on any atom is 0.157 e. The lowest BCUT2D eigenvalue weighted by molar-refractivity contribution is -0.148. The summed E-state index contributed by atoms with van der Waals surface area (Å²) >= 11 is 0. The van der Waals surface area contributed by atoms with Gasteiger partial charge in [0.1, 0.15) is 0 Å². The van der Waals surface area contributed by atoms with Crippen LogP contribution >= 0.6 is 0 Å². The molecule has 0 N–H and O–H groups in total. The molecule has 0 aromatic carbocycles. The third-order valence-corrected chi connectivity index (χ3v) is 7.29. The van der Waals surface area contributed by atoms with E-state index in [1.54, 1.807) is 0 Å². The van der Waals surface area contributed by atoms with Gasteiger partial charge in [-0.2, -0.15) is 0 Å². The van der Waals surface area contributed by atoms with Crippen LogP contribution in [0.1, 0.15) is 169 Å². The second-order valence-corrected chi connectivity index (χ2v) is 10.8. The second-order valence-electron chi connectivity index (χ2n) is 10.8. The zero-order valence-electron chi connectivity index (χ0n) is 24.9. The monoisotopic (exact) mass is 498 g/mol. The third-order valence-electron chi connectivity index (χ3n) is 7.29. The summed E-state index contributed by atoms with van der Waals surface area (Å²) in [5.41, 5.74) is 0. The van der Waals surface area contributed by atoms with E-state index >= 15 is 0 Å². The Hall–Kier alpha value is -0.120. The van der Waals surface area contributed by atoms with Crippen LogP contribution in [-0.4, -0.2) is 44.0 Å². The molecule has 0 aromatic rings. The number of hydrogen-bond donors (Lipinski definition) is 0. The number of nitrogens with zero attached hydrogens (tertiary/aromatic N) is 1. The first-order valence-electron chi connectivity index (χ1n) is 16.2. The van der Waals surface area contributed by atoms with Gasteiger partial charge in [0.2, 0.25) is 0 Å². The fraction of sp³-hybridized carbons (Fsp3) is 1.00. The van der Waals surface area contributed by atoms with Gasteiger partial charge >= 0.3 is 0 Å². The van der Waals surface area contributed by atoms with Gasteiger partial charge in [-0.05, 0) is 58.2 Å². The van der Waals surface area contributed by atoms with E-state index in [1.807, 2.05) is 0 Å². The Balaban J connectivity index is 3.88. The summed E-state index contributed by atoms with van der Waals surface area (Å²) in [5.74, 6) is 0. The molecule has 0 atom stereocenters. The average molecular weight is 498 g/mol. The molecule has 0 bridgehead atoms. The topological polar surface area (TPSA) is 21.7 Å². The molecule has 0 aromatic heterocycles. The second kappa shape index (κ2) is 30.1. The fourth-order valence-corrected chi connectivity index (χ4v) is 4.78. The highest BCUT2D eigenvalue weighted by Crippen LogP contribution is 2.14. The molecule has 3 heteroatoms. The van der Waals surface area contributed by atoms with Gasteiger partial charge < -0.3 is 14.4 Å². The predicted octanol–water partition coefficient (Wildman–Crippen LogP) is 10.3. The summed E-state index contributed by atoms with van der Waals surface area (Å²) in [6, 6.07) is 0. The summed E-state index contributed by atoms with van der Waals surface area (Å²) in [6.07, 6.45) is 29.1. The third kappa shape index (κ3) is 26.7. The van der Waals surface area contributed by atoms with Crippen LogP contribution in [0.5, 0.6) is 0 Å². The van der Waals surface area contributed by atoms with Crippen LogP contribution in [-0.2, 0) is 9.47 Å². The quantitative estimate of drug-likeness (QED) is 0.0727. The van der Waals surface area contributed by atoms with E-state index < -0.39 is 0 Å². The van der Waals surface area contributed by atoms with Gasteiger partial charge in [0.25, 0.3) is 0 Å². The largest absolute Gasteiger partial charge is 0.353 e. The SMILES string of the molecule is CCCCCCCCN(CC)CCCCCCCC(OCCCCCCC)OCCCCCCC. The number of ether oxygens (including phenoxy) is 2. The molecule has 0 aliphatic rings. The number of unbranched alkanes of at least 4 members (excludes halogenated alkanes) is 17. The Bertz CT molecular complexity index is 361. The van der Waals surface area contributed by atoms with Gasteiger partial charge in [0.15, 0.2) is 6.29 Å². The van der Waals surface area contributed by atoms with E-state index in [-0.39, 0.29) is 6.29 Å². The number of rotatable bonds is 30. The van der Waals surface area contributed by atoms with E-state index in [1.165, 1.54) is 154 Å². The smallest absolute Gasteiger partial charge is 0.157 e. The molecule has 0 heterocycles. The Morgan fingerprint density at radius 2 is 0.800 bits per heavy atom. The minimum absolute atomic E-state index is 0.0280. The Kier molecular flexibility index (Phi) is 30.0. The first-order valence-corrected chi connectivity index (χ1v) is 16.2. The summed E-state index contributed by atoms with van der Waals surface area (Å²) < 4.78 is 12.3. The molecule has 0 saturated carbocycles. The van der Waals surface area contributed by atoms with Crippen molar-refractivity contribution in [2.45, 2.75) is 175 Å². The highest BCUT2D eigenvalue weighted by atomic mass is 16.7. The zero-order valence-corrected chi connectivity index (χ0v) is 24.9. The lowest BCUT2D eigenvalue weighted by Gasteiger charge is -2.20. The van der Waals surface area contributed by atoms with Crippen LogP contribution in [0.15, 0.2) is 0 Å². The zero-order chi connectivity index (χ0) is 25.7. The molecule has 3 nitrogen and oxygen atoms in total. The molecule has 0 saturated heterocycles. The Morgan fingerprint density at radius 3 is 1.23 bits per heavy atom. The Labute approximate surface area is 222 Å². The van der Waals surface area contributed by atoms with Crippen molar-refractivity contribution in [1.29, 1.82) is 0 Å². The van der Waals surface area contributed by atoms with Crippen molar-refractivity contribution in [3.8, 4) is 0 Å². The van der Waals surface area contributed by atoms with Gasteiger partial charge in [-0.25, -0.2) is 0 Å². The minimum Gasteiger partial charge on any atom is -0.353 e. The molecule has 0 radical (unpaired) electrons. The van der Waals surface area contributed by atoms with Crippen molar-refractivity contribution in [1.82, 2.24) is 4.90 Å². The van der Waals surface area contributed by atoms with Crippen molar-refractivity contribution in [2.75, 3.05) is 32.8 Å². The van der Waals surface area contributed by atoms with E-state index in [0.29, 0.717) is 0 Å². The van der Waals surface area contributed by atoms with E-state index in [4.69, 9.17) is 9.47 Å². The Morgan fingerprint density at radius 1 is 0.429 bits per heavy atom. The lowest BCUT2D eigenvalue weighted by atomic mass is 10.1. The fourth-order valence-electron chi connectivity index (χ4n) is 4.78. The highest BCUT2D eigenvalue weighted by molar-refractivity contribution is 4.58. The van der Waals surface area contributed by atoms with Crippen LogP contribution < -0.4 is 0 Å². The standard InChI is InChI=1S/C32H67NO2/c1-5-9-12-15-18-23-28-33(8-4)29-24-19-16-17-22-27-32(34-30-25-20-13-10-6-2)35-31-26-21-14-11-7-3/h32H,5-31H2,1-4H3. The molecule has 0 fully saturated rings. The first kappa shape index (κ1) is 34.9. The molecule has 0 rings (SSSR count). The molecule has 0 spiro atoms. The number of hydrogen-bond acceptors (Lipinski definition) is 3. The molecular weight excluding hydrogens is 430 g/mol. The van der Waals surface area contributed by atoms with Gasteiger partial charge in [0.05, 0.1) is 0 Å². The van der Waals surface area contributed by atoms with E-state index in [0.717, 1.165) is 19.6 Å². The summed E-state index contributed by atoms with van der Waals surface area (Å²) in [7, 11) is 0. The van der Waals surface area contributed by atoms with Crippen LogP contribution in [0.25, 0.3) is 0 Å². The van der Waals surface area contributed by atoms with Crippen molar-refractivity contribution in [2.24, 2.45) is 0 Å². The molecule has 0 unspecified atom stereocenters. The van der Waals surface area contributed by atoms with E-state index in [9.17, 15) is 0 Å².